The smallest absolute Gasteiger partial charge is 0.205 e. The van der Waals surface area contributed by atoms with Crippen LogP contribution in [0.5, 0.6) is 5.75 Å². The van der Waals surface area contributed by atoms with Gasteiger partial charge in [-0.05, 0) is 35.4 Å². The van der Waals surface area contributed by atoms with Crippen LogP contribution in [0.25, 0.3) is 0 Å². The van der Waals surface area contributed by atoms with Gasteiger partial charge in [-0.25, -0.2) is 0 Å². The Bertz CT molecular complexity index is 823. The highest BCUT2D eigenvalue weighted by Crippen LogP contribution is 2.22. The van der Waals surface area contributed by atoms with Gasteiger partial charge in [0.05, 0.1) is 13.2 Å². The van der Waals surface area contributed by atoms with E-state index < -0.39 is 6.10 Å². The first-order valence-electron chi connectivity index (χ1n) is 7.77. The molecular formula is C18H18ClN3O2S. The van der Waals surface area contributed by atoms with Crippen molar-refractivity contribution in [2.24, 2.45) is 0 Å². The van der Waals surface area contributed by atoms with Gasteiger partial charge in [0.15, 0.2) is 0 Å². The first-order chi connectivity index (χ1) is 12.1. The number of nitrogens with zero attached hydrogens (tertiary/aromatic N) is 2. The fraction of sp³-hybridized carbons (Fsp3) is 0.222. The number of methoxy groups -OCH3 is 1. The van der Waals surface area contributed by atoms with E-state index in [1.54, 1.807) is 7.11 Å². The molecule has 0 bridgehead atoms. The zero-order valence-electron chi connectivity index (χ0n) is 13.6. The van der Waals surface area contributed by atoms with E-state index in [4.69, 9.17) is 16.3 Å². The van der Waals surface area contributed by atoms with Gasteiger partial charge < -0.3 is 15.2 Å². The van der Waals surface area contributed by atoms with Crippen molar-refractivity contribution in [3.8, 4) is 5.75 Å². The van der Waals surface area contributed by atoms with Crippen LogP contribution < -0.4 is 10.1 Å². The lowest BCUT2D eigenvalue weighted by molar-refractivity contribution is 0.191. The van der Waals surface area contributed by atoms with Crippen molar-refractivity contribution in [3.05, 3.63) is 69.7 Å². The molecule has 1 unspecified atom stereocenters. The molecule has 2 aromatic carbocycles. The molecule has 0 amide bonds. The Kier molecular flexibility index (Phi) is 5.86. The molecule has 0 aliphatic rings. The number of aliphatic hydroxyl groups is 1. The molecule has 0 saturated heterocycles. The van der Waals surface area contributed by atoms with Gasteiger partial charge in [0.25, 0.3) is 0 Å². The molecule has 5 nitrogen and oxygen atoms in total. The highest BCUT2D eigenvalue weighted by molar-refractivity contribution is 7.15. The number of anilines is 1. The molecule has 25 heavy (non-hydrogen) atoms. The quantitative estimate of drug-likeness (QED) is 0.654. The SMILES string of the molecule is COc1cccc(C(O)CNc2nnc(Cc3ccc(Cl)cc3)s2)c1. The van der Waals surface area contributed by atoms with Crippen molar-refractivity contribution in [3.63, 3.8) is 0 Å². The van der Waals surface area contributed by atoms with E-state index in [9.17, 15) is 5.11 Å². The van der Waals surface area contributed by atoms with Gasteiger partial charge in [-0.2, -0.15) is 0 Å². The number of nitrogens with one attached hydrogen (secondary N) is 1. The van der Waals surface area contributed by atoms with Crippen molar-refractivity contribution >= 4 is 28.1 Å². The van der Waals surface area contributed by atoms with E-state index in [0.717, 1.165) is 26.9 Å². The normalized spacial score (nSPS) is 12.0. The van der Waals surface area contributed by atoms with E-state index in [1.807, 2.05) is 48.5 Å². The first-order valence-corrected chi connectivity index (χ1v) is 8.96. The van der Waals surface area contributed by atoms with Crippen LogP contribution in [0.3, 0.4) is 0 Å². The number of hydrogen-bond acceptors (Lipinski definition) is 6. The molecule has 7 heteroatoms. The second-order valence-corrected chi connectivity index (χ2v) is 6.98. The van der Waals surface area contributed by atoms with E-state index in [-0.39, 0.29) is 0 Å². The predicted octanol–water partition coefficient (Wildman–Crippen LogP) is 3.94. The molecule has 130 valence electrons. The lowest BCUT2D eigenvalue weighted by atomic mass is 10.1. The van der Waals surface area contributed by atoms with E-state index in [2.05, 4.69) is 15.5 Å². The minimum Gasteiger partial charge on any atom is -0.497 e. The highest BCUT2D eigenvalue weighted by Gasteiger charge is 2.11. The maximum atomic E-state index is 10.3. The predicted molar refractivity (Wildman–Crippen MR) is 101 cm³/mol. The van der Waals surface area contributed by atoms with Crippen LogP contribution in [0, 0.1) is 0 Å². The number of benzene rings is 2. The molecule has 0 aliphatic carbocycles. The Hall–Kier alpha value is -2.15. The molecule has 3 aromatic rings. The maximum Gasteiger partial charge on any atom is 0.205 e. The van der Waals surface area contributed by atoms with Crippen molar-refractivity contribution < 1.29 is 9.84 Å². The van der Waals surface area contributed by atoms with Gasteiger partial charge in [0, 0.05) is 18.0 Å². The Morgan fingerprint density at radius 3 is 2.76 bits per heavy atom. The van der Waals surface area contributed by atoms with Crippen LogP contribution in [-0.2, 0) is 6.42 Å². The first kappa shape index (κ1) is 17.7. The number of halogens is 1. The van der Waals surface area contributed by atoms with Crippen molar-refractivity contribution in [1.82, 2.24) is 10.2 Å². The molecule has 0 spiro atoms. The van der Waals surface area contributed by atoms with Crippen LogP contribution in [0.1, 0.15) is 22.2 Å². The van der Waals surface area contributed by atoms with Crippen LogP contribution in [-0.4, -0.2) is 29.0 Å². The fourth-order valence-electron chi connectivity index (χ4n) is 2.32. The van der Waals surface area contributed by atoms with Crippen LogP contribution in [0.4, 0.5) is 5.13 Å². The average Bonchev–Trinajstić information content (AvgIpc) is 3.09. The van der Waals surface area contributed by atoms with Gasteiger partial charge in [-0.1, -0.05) is 47.2 Å². The highest BCUT2D eigenvalue weighted by atomic mass is 35.5. The molecule has 1 heterocycles. The molecule has 0 aliphatic heterocycles. The summed E-state index contributed by atoms with van der Waals surface area (Å²) in [5, 5.41) is 24.0. The van der Waals surface area contributed by atoms with Crippen LogP contribution in [0.2, 0.25) is 5.02 Å². The number of rotatable bonds is 7. The molecule has 1 atom stereocenters. The fourth-order valence-corrected chi connectivity index (χ4v) is 3.23. The number of aromatic nitrogens is 2. The molecule has 0 radical (unpaired) electrons. The summed E-state index contributed by atoms with van der Waals surface area (Å²) in [5.74, 6) is 0.720. The van der Waals surface area contributed by atoms with Gasteiger partial charge in [0.1, 0.15) is 10.8 Å². The van der Waals surface area contributed by atoms with Crippen molar-refractivity contribution in [2.75, 3.05) is 19.0 Å². The van der Waals surface area contributed by atoms with E-state index in [0.29, 0.717) is 18.1 Å². The summed E-state index contributed by atoms with van der Waals surface area (Å²) in [6.07, 6.45) is 0.0494. The van der Waals surface area contributed by atoms with Crippen molar-refractivity contribution in [2.45, 2.75) is 12.5 Å². The summed E-state index contributed by atoms with van der Waals surface area (Å²) >= 11 is 7.37. The number of hydrogen-bond donors (Lipinski definition) is 2. The summed E-state index contributed by atoms with van der Waals surface area (Å²) in [6, 6.07) is 15.1. The standard InChI is InChI=1S/C18H18ClN3O2S/c1-24-15-4-2-3-13(10-15)16(23)11-20-18-22-21-17(25-18)9-12-5-7-14(19)8-6-12/h2-8,10,16,23H,9,11H2,1H3,(H,20,22). The monoisotopic (exact) mass is 375 g/mol. The van der Waals surface area contributed by atoms with Crippen LogP contribution in [0.15, 0.2) is 48.5 Å². The number of aliphatic hydroxyl groups excluding tert-OH is 1. The zero-order valence-corrected chi connectivity index (χ0v) is 15.2. The molecule has 2 N–H and O–H groups in total. The van der Waals surface area contributed by atoms with Gasteiger partial charge >= 0.3 is 0 Å². The van der Waals surface area contributed by atoms with Gasteiger partial charge in [-0.3, -0.25) is 0 Å². The maximum absolute atomic E-state index is 10.3. The molecule has 0 saturated carbocycles. The second kappa shape index (κ2) is 8.29. The molecule has 3 rings (SSSR count). The van der Waals surface area contributed by atoms with Crippen molar-refractivity contribution in [1.29, 1.82) is 0 Å². The zero-order chi connectivity index (χ0) is 17.6. The third-order valence-corrected chi connectivity index (χ3v) is 4.79. The lowest BCUT2D eigenvalue weighted by Gasteiger charge is -2.12. The minimum absolute atomic E-state index is 0.350. The summed E-state index contributed by atoms with van der Waals surface area (Å²) < 4.78 is 5.17. The Morgan fingerprint density at radius 2 is 2.00 bits per heavy atom. The van der Waals surface area contributed by atoms with Gasteiger partial charge in [0.2, 0.25) is 5.13 Å². The largest absolute Gasteiger partial charge is 0.497 e. The third kappa shape index (κ3) is 4.92. The Labute approximate surface area is 155 Å². The summed E-state index contributed by atoms with van der Waals surface area (Å²) in [5.41, 5.74) is 1.92. The lowest BCUT2D eigenvalue weighted by Crippen LogP contribution is -2.12. The molecular weight excluding hydrogens is 358 g/mol. The van der Waals surface area contributed by atoms with Crippen LogP contribution >= 0.6 is 22.9 Å². The average molecular weight is 376 g/mol. The second-order valence-electron chi connectivity index (χ2n) is 5.48. The molecule has 1 aromatic heterocycles. The third-order valence-electron chi connectivity index (χ3n) is 3.66. The summed E-state index contributed by atoms with van der Waals surface area (Å²) in [7, 11) is 1.60. The van der Waals surface area contributed by atoms with E-state index in [1.165, 1.54) is 11.3 Å². The van der Waals surface area contributed by atoms with E-state index >= 15 is 0 Å². The number of ether oxygens (including phenoxy) is 1. The topological polar surface area (TPSA) is 67.3 Å². The minimum atomic E-state index is -0.654. The van der Waals surface area contributed by atoms with Gasteiger partial charge in [-0.15, -0.1) is 10.2 Å². The Morgan fingerprint density at radius 1 is 1.20 bits per heavy atom. The molecule has 0 fully saturated rings. The summed E-state index contributed by atoms with van der Waals surface area (Å²) in [4.78, 5) is 0. The summed E-state index contributed by atoms with van der Waals surface area (Å²) in [6.45, 7) is 0.350. The Balaban J connectivity index is 1.56.